The minimum atomic E-state index is -4.07. The van der Waals surface area contributed by atoms with Gasteiger partial charge in [-0.2, -0.15) is 0 Å². The van der Waals surface area contributed by atoms with Crippen molar-refractivity contribution in [1.82, 2.24) is 0 Å². The van der Waals surface area contributed by atoms with Gasteiger partial charge in [0.25, 0.3) is 9.05 Å². The number of esters is 1. The summed E-state index contributed by atoms with van der Waals surface area (Å²) in [5, 5.41) is 0. The molecule has 0 spiro atoms. The van der Waals surface area contributed by atoms with Gasteiger partial charge in [-0.1, -0.05) is 0 Å². The summed E-state index contributed by atoms with van der Waals surface area (Å²) in [5.74, 6) is -1.81. The number of benzene rings is 1. The molecule has 0 saturated carbocycles. The summed E-state index contributed by atoms with van der Waals surface area (Å²) in [7, 11) is 1.14. The van der Waals surface area contributed by atoms with Crippen LogP contribution in [0.4, 0.5) is 4.39 Å². The summed E-state index contributed by atoms with van der Waals surface area (Å²) >= 11 is 0. The van der Waals surface area contributed by atoms with E-state index in [-0.39, 0.29) is 17.1 Å². The first-order chi connectivity index (χ1) is 9.66. The molecular formula is C13H16ClFO5S. The molecule has 1 aromatic rings. The zero-order chi connectivity index (χ0) is 16.2. The van der Waals surface area contributed by atoms with Gasteiger partial charge in [0, 0.05) is 17.3 Å². The molecule has 0 fully saturated rings. The van der Waals surface area contributed by atoms with Crippen LogP contribution >= 0.6 is 10.7 Å². The van der Waals surface area contributed by atoms with Crippen LogP contribution in [0.2, 0.25) is 0 Å². The van der Waals surface area contributed by atoms with Crippen molar-refractivity contribution in [1.29, 1.82) is 0 Å². The molecule has 1 aromatic carbocycles. The summed E-state index contributed by atoms with van der Waals surface area (Å²) in [6.45, 7) is 5.32. The number of carbonyl (C=O) groups excluding carboxylic acids is 1. The van der Waals surface area contributed by atoms with Crippen LogP contribution in [-0.2, 0) is 18.5 Å². The van der Waals surface area contributed by atoms with E-state index in [0.717, 1.165) is 12.1 Å². The molecule has 0 aliphatic rings. The molecule has 0 bridgehead atoms. The average molecular weight is 339 g/mol. The molecule has 1 atom stereocenters. The second kappa shape index (κ2) is 7.20. The molecule has 0 radical (unpaired) electrons. The highest BCUT2D eigenvalue weighted by Crippen LogP contribution is 2.23. The summed E-state index contributed by atoms with van der Waals surface area (Å²) in [6.07, 6.45) is -0.589. The van der Waals surface area contributed by atoms with Gasteiger partial charge in [-0.15, -0.1) is 0 Å². The van der Waals surface area contributed by atoms with Crippen LogP contribution in [0.3, 0.4) is 0 Å². The van der Waals surface area contributed by atoms with Crippen molar-refractivity contribution in [2.45, 2.75) is 31.8 Å². The topological polar surface area (TPSA) is 69.7 Å². The predicted molar refractivity (Wildman–Crippen MR) is 75.5 cm³/mol. The second-order valence-electron chi connectivity index (χ2n) is 4.41. The fourth-order valence-corrected chi connectivity index (χ4v) is 2.43. The molecule has 0 N–H and O–H groups in total. The highest BCUT2D eigenvalue weighted by molar-refractivity contribution is 8.13. The highest BCUT2D eigenvalue weighted by atomic mass is 35.7. The maximum Gasteiger partial charge on any atom is 0.341 e. The molecule has 21 heavy (non-hydrogen) atoms. The van der Waals surface area contributed by atoms with Crippen LogP contribution < -0.4 is 0 Å². The smallest absolute Gasteiger partial charge is 0.341 e. The van der Waals surface area contributed by atoms with Crippen LogP contribution in [0.15, 0.2) is 17.0 Å². The number of rotatable bonds is 6. The van der Waals surface area contributed by atoms with Crippen molar-refractivity contribution < 1.29 is 27.1 Å². The van der Waals surface area contributed by atoms with E-state index < -0.39 is 32.5 Å². The van der Waals surface area contributed by atoms with Crippen LogP contribution in [0.5, 0.6) is 0 Å². The fraction of sp³-hybridized carbons (Fsp3) is 0.462. The molecule has 0 aliphatic heterocycles. The van der Waals surface area contributed by atoms with E-state index in [4.69, 9.17) is 20.2 Å². The van der Waals surface area contributed by atoms with E-state index in [0.29, 0.717) is 6.61 Å². The molecule has 0 amide bonds. The average Bonchev–Trinajstić information content (AvgIpc) is 2.37. The Balaban J connectivity index is 3.06. The summed E-state index contributed by atoms with van der Waals surface area (Å²) in [6, 6.07) is 1.92. The Labute approximate surface area is 127 Å². The van der Waals surface area contributed by atoms with Gasteiger partial charge in [0.15, 0.2) is 0 Å². The molecule has 5 nitrogen and oxygen atoms in total. The van der Waals surface area contributed by atoms with Gasteiger partial charge in [-0.3, -0.25) is 0 Å². The standard InChI is InChI=1S/C13H16ClFO5S/c1-4-19-7-9(3)20-13(16)11-6-10(21(14,17)18)5-8(2)12(11)15/h5-6,9H,4,7H2,1-3H3. The maximum atomic E-state index is 14.0. The molecule has 0 aromatic heterocycles. The Morgan fingerprint density at radius 3 is 2.57 bits per heavy atom. The van der Waals surface area contributed by atoms with Gasteiger partial charge in [-0.25, -0.2) is 17.6 Å². The van der Waals surface area contributed by atoms with E-state index >= 15 is 0 Å². The van der Waals surface area contributed by atoms with Crippen molar-refractivity contribution in [3.05, 3.63) is 29.1 Å². The van der Waals surface area contributed by atoms with Gasteiger partial charge in [0.2, 0.25) is 0 Å². The first-order valence-corrected chi connectivity index (χ1v) is 8.51. The fourth-order valence-electron chi connectivity index (χ4n) is 1.59. The number of ether oxygens (including phenoxy) is 2. The Kier molecular flexibility index (Phi) is 6.12. The largest absolute Gasteiger partial charge is 0.457 e. The third kappa shape index (κ3) is 4.94. The number of carbonyl (C=O) groups is 1. The van der Waals surface area contributed by atoms with Gasteiger partial charge in [0.05, 0.1) is 17.1 Å². The van der Waals surface area contributed by atoms with Crippen LogP contribution in [0.25, 0.3) is 0 Å². The summed E-state index contributed by atoms with van der Waals surface area (Å²) in [4.78, 5) is 11.6. The van der Waals surface area contributed by atoms with Gasteiger partial charge in [0.1, 0.15) is 11.9 Å². The monoisotopic (exact) mass is 338 g/mol. The molecule has 0 saturated heterocycles. The SMILES string of the molecule is CCOCC(C)OC(=O)c1cc(S(=O)(=O)Cl)cc(C)c1F. The first kappa shape index (κ1) is 17.9. The normalized spacial score (nSPS) is 13.0. The van der Waals surface area contributed by atoms with Gasteiger partial charge < -0.3 is 9.47 Å². The van der Waals surface area contributed by atoms with Crippen LogP contribution in [0, 0.1) is 12.7 Å². The van der Waals surface area contributed by atoms with Crippen molar-refractivity contribution in [2.24, 2.45) is 0 Å². The highest BCUT2D eigenvalue weighted by Gasteiger charge is 2.22. The predicted octanol–water partition coefficient (Wildman–Crippen LogP) is 2.64. The van der Waals surface area contributed by atoms with Crippen LogP contribution in [0.1, 0.15) is 29.8 Å². The lowest BCUT2D eigenvalue weighted by molar-refractivity contribution is 0.00397. The molecule has 8 heteroatoms. The first-order valence-electron chi connectivity index (χ1n) is 6.20. The molecule has 118 valence electrons. The van der Waals surface area contributed by atoms with Crippen molar-refractivity contribution in [3.8, 4) is 0 Å². The third-order valence-corrected chi connectivity index (χ3v) is 3.93. The van der Waals surface area contributed by atoms with Gasteiger partial charge in [-0.05, 0) is 38.5 Å². The molecule has 1 unspecified atom stereocenters. The lowest BCUT2D eigenvalue weighted by atomic mass is 10.1. The van der Waals surface area contributed by atoms with E-state index in [9.17, 15) is 17.6 Å². The van der Waals surface area contributed by atoms with Crippen LogP contribution in [-0.4, -0.2) is 33.7 Å². The van der Waals surface area contributed by atoms with Gasteiger partial charge >= 0.3 is 5.97 Å². The number of halogens is 2. The van der Waals surface area contributed by atoms with E-state index in [2.05, 4.69) is 0 Å². The zero-order valence-corrected chi connectivity index (χ0v) is 13.4. The Morgan fingerprint density at radius 1 is 1.43 bits per heavy atom. The lowest BCUT2D eigenvalue weighted by Gasteiger charge is -2.14. The Bertz CT molecular complexity index is 630. The molecule has 0 heterocycles. The molecule has 0 aliphatic carbocycles. The summed E-state index contributed by atoms with van der Waals surface area (Å²) in [5.41, 5.74) is -0.487. The van der Waals surface area contributed by atoms with E-state index in [1.807, 2.05) is 0 Å². The third-order valence-electron chi connectivity index (χ3n) is 2.59. The molecular weight excluding hydrogens is 323 g/mol. The van der Waals surface area contributed by atoms with Crippen molar-refractivity contribution in [3.63, 3.8) is 0 Å². The van der Waals surface area contributed by atoms with Crippen molar-refractivity contribution in [2.75, 3.05) is 13.2 Å². The maximum absolute atomic E-state index is 14.0. The van der Waals surface area contributed by atoms with E-state index in [1.54, 1.807) is 13.8 Å². The van der Waals surface area contributed by atoms with E-state index in [1.165, 1.54) is 6.92 Å². The zero-order valence-electron chi connectivity index (χ0n) is 11.9. The van der Waals surface area contributed by atoms with Crippen molar-refractivity contribution >= 4 is 25.7 Å². The number of hydrogen-bond donors (Lipinski definition) is 0. The lowest BCUT2D eigenvalue weighted by Crippen LogP contribution is -2.21. The molecule has 1 rings (SSSR count). The minimum Gasteiger partial charge on any atom is -0.457 e. The quantitative estimate of drug-likeness (QED) is 0.589. The Hall–Kier alpha value is -1.18. The Morgan fingerprint density at radius 2 is 2.05 bits per heavy atom. The summed E-state index contributed by atoms with van der Waals surface area (Å²) < 4.78 is 46.6. The number of aryl methyl sites for hydroxylation is 1. The minimum absolute atomic E-state index is 0.0128. The number of hydrogen-bond acceptors (Lipinski definition) is 5. The second-order valence-corrected chi connectivity index (χ2v) is 6.98.